The van der Waals surface area contributed by atoms with Crippen LogP contribution in [-0.2, 0) is 12.8 Å². The Morgan fingerprint density at radius 1 is 1.09 bits per heavy atom. The minimum atomic E-state index is 0.652. The Kier molecular flexibility index (Phi) is 7.17. The largest absolute Gasteiger partial charge is 0.356 e. The first-order valence-corrected chi connectivity index (χ1v) is 8.23. The molecular weight excluding hydrogens is 331 g/mol. The van der Waals surface area contributed by atoms with Gasteiger partial charge in [0.15, 0.2) is 5.96 Å². The SMILES string of the molecule is CN=C(NCCc1ccccn1)NCCc1ccc(Cl)cc1Cl. The monoisotopic (exact) mass is 350 g/mol. The maximum Gasteiger partial charge on any atom is 0.190 e. The summed E-state index contributed by atoms with van der Waals surface area (Å²) in [6, 6.07) is 11.5. The van der Waals surface area contributed by atoms with Gasteiger partial charge < -0.3 is 10.6 Å². The van der Waals surface area contributed by atoms with Gasteiger partial charge in [0, 0.05) is 48.5 Å². The number of guanidine groups is 1. The first-order chi connectivity index (χ1) is 11.2. The summed E-state index contributed by atoms with van der Waals surface area (Å²) in [5.74, 6) is 0.769. The molecule has 2 rings (SSSR count). The van der Waals surface area contributed by atoms with Gasteiger partial charge in [0.05, 0.1) is 0 Å². The summed E-state index contributed by atoms with van der Waals surface area (Å²) in [7, 11) is 1.76. The van der Waals surface area contributed by atoms with Gasteiger partial charge in [-0.2, -0.15) is 0 Å². The van der Waals surface area contributed by atoms with Gasteiger partial charge in [-0.05, 0) is 36.2 Å². The number of pyridine rings is 1. The maximum absolute atomic E-state index is 6.17. The molecule has 0 amide bonds. The van der Waals surface area contributed by atoms with Crippen LogP contribution in [-0.4, -0.2) is 31.1 Å². The topological polar surface area (TPSA) is 49.3 Å². The fourth-order valence-electron chi connectivity index (χ4n) is 2.12. The maximum atomic E-state index is 6.17. The fraction of sp³-hybridized carbons (Fsp3) is 0.294. The summed E-state index contributed by atoms with van der Waals surface area (Å²) in [5.41, 5.74) is 2.12. The van der Waals surface area contributed by atoms with Crippen LogP contribution in [0.1, 0.15) is 11.3 Å². The van der Waals surface area contributed by atoms with E-state index in [1.54, 1.807) is 19.3 Å². The number of hydrogen-bond acceptors (Lipinski definition) is 2. The lowest BCUT2D eigenvalue weighted by molar-refractivity contribution is 0.776. The second-order valence-electron chi connectivity index (χ2n) is 4.98. The van der Waals surface area contributed by atoms with Crippen molar-refractivity contribution in [2.75, 3.05) is 20.1 Å². The van der Waals surface area contributed by atoms with E-state index in [-0.39, 0.29) is 0 Å². The molecule has 0 aliphatic rings. The predicted molar refractivity (Wildman–Crippen MR) is 97.5 cm³/mol. The molecule has 0 saturated carbocycles. The van der Waals surface area contributed by atoms with E-state index in [1.807, 2.05) is 30.3 Å². The van der Waals surface area contributed by atoms with E-state index < -0.39 is 0 Å². The molecule has 122 valence electrons. The van der Waals surface area contributed by atoms with Gasteiger partial charge in [0.25, 0.3) is 0 Å². The van der Waals surface area contributed by atoms with Crippen molar-refractivity contribution < 1.29 is 0 Å². The molecule has 0 atom stereocenters. The molecule has 0 aliphatic carbocycles. The molecule has 4 nitrogen and oxygen atoms in total. The highest BCUT2D eigenvalue weighted by Crippen LogP contribution is 2.20. The van der Waals surface area contributed by atoms with Gasteiger partial charge in [-0.15, -0.1) is 0 Å². The van der Waals surface area contributed by atoms with Crippen LogP contribution < -0.4 is 10.6 Å². The smallest absolute Gasteiger partial charge is 0.190 e. The molecule has 23 heavy (non-hydrogen) atoms. The lowest BCUT2D eigenvalue weighted by Gasteiger charge is -2.12. The molecule has 6 heteroatoms. The molecular formula is C17H20Cl2N4. The summed E-state index contributed by atoms with van der Waals surface area (Å²) in [5, 5.41) is 7.89. The number of aromatic nitrogens is 1. The van der Waals surface area contributed by atoms with Crippen LogP contribution in [0.5, 0.6) is 0 Å². The highest BCUT2D eigenvalue weighted by atomic mass is 35.5. The van der Waals surface area contributed by atoms with Crippen molar-refractivity contribution in [3.8, 4) is 0 Å². The van der Waals surface area contributed by atoms with Crippen molar-refractivity contribution in [2.24, 2.45) is 4.99 Å². The van der Waals surface area contributed by atoms with E-state index in [4.69, 9.17) is 23.2 Å². The van der Waals surface area contributed by atoms with E-state index in [9.17, 15) is 0 Å². The summed E-state index contributed by atoms with van der Waals surface area (Å²) in [6.07, 6.45) is 3.46. The van der Waals surface area contributed by atoms with Crippen LogP contribution in [0.2, 0.25) is 10.0 Å². The fourth-order valence-corrected chi connectivity index (χ4v) is 2.62. The van der Waals surface area contributed by atoms with Crippen molar-refractivity contribution in [3.05, 3.63) is 63.9 Å². The second kappa shape index (κ2) is 9.38. The van der Waals surface area contributed by atoms with Crippen LogP contribution in [0.4, 0.5) is 0 Å². The number of nitrogens with one attached hydrogen (secondary N) is 2. The Balaban J connectivity index is 1.72. The number of benzene rings is 1. The van der Waals surface area contributed by atoms with Gasteiger partial charge in [0.2, 0.25) is 0 Å². The highest BCUT2D eigenvalue weighted by Gasteiger charge is 2.02. The molecule has 2 aromatic rings. The Labute approximate surface area is 146 Å². The van der Waals surface area contributed by atoms with Crippen molar-refractivity contribution in [1.29, 1.82) is 0 Å². The lowest BCUT2D eigenvalue weighted by Crippen LogP contribution is -2.39. The normalized spacial score (nSPS) is 11.3. The zero-order valence-corrected chi connectivity index (χ0v) is 14.5. The number of aliphatic imine (C=N–C) groups is 1. The molecule has 0 fully saturated rings. The van der Waals surface area contributed by atoms with E-state index in [2.05, 4.69) is 20.6 Å². The Morgan fingerprint density at radius 2 is 1.87 bits per heavy atom. The Bertz CT molecular complexity index is 644. The van der Waals surface area contributed by atoms with Crippen molar-refractivity contribution >= 4 is 29.2 Å². The molecule has 0 aliphatic heterocycles. The minimum absolute atomic E-state index is 0.652. The summed E-state index contributed by atoms with van der Waals surface area (Å²) >= 11 is 12.1. The van der Waals surface area contributed by atoms with Crippen molar-refractivity contribution in [2.45, 2.75) is 12.8 Å². The Morgan fingerprint density at radius 3 is 2.52 bits per heavy atom. The van der Waals surface area contributed by atoms with E-state index >= 15 is 0 Å². The van der Waals surface area contributed by atoms with E-state index in [0.717, 1.165) is 43.1 Å². The molecule has 2 N–H and O–H groups in total. The van der Waals surface area contributed by atoms with Crippen molar-refractivity contribution in [1.82, 2.24) is 15.6 Å². The van der Waals surface area contributed by atoms with Crippen LogP contribution in [0.25, 0.3) is 0 Å². The number of rotatable bonds is 6. The van der Waals surface area contributed by atoms with Gasteiger partial charge >= 0.3 is 0 Å². The number of halogens is 2. The van der Waals surface area contributed by atoms with Crippen LogP contribution in [0.15, 0.2) is 47.6 Å². The summed E-state index contributed by atoms with van der Waals surface area (Å²) in [4.78, 5) is 8.50. The third kappa shape index (κ3) is 6.08. The Hall–Kier alpha value is -1.78. The average Bonchev–Trinajstić information content (AvgIpc) is 2.56. The number of nitrogens with zero attached hydrogens (tertiary/aromatic N) is 2. The minimum Gasteiger partial charge on any atom is -0.356 e. The van der Waals surface area contributed by atoms with Gasteiger partial charge in [-0.25, -0.2) is 0 Å². The summed E-state index contributed by atoms with van der Waals surface area (Å²) < 4.78 is 0. The zero-order valence-electron chi connectivity index (χ0n) is 13.0. The average molecular weight is 351 g/mol. The molecule has 1 aromatic carbocycles. The molecule has 0 spiro atoms. The van der Waals surface area contributed by atoms with Gasteiger partial charge in [-0.3, -0.25) is 9.98 Å². The first kappa shape index (κ1) is 17.6. The van der Waals surface area contributed by atoms with Gasteiger partial charge in [0.1, 0.15) is 0 Å². The third-order valence-corrected chi connectivity index (χ3v) is 3.91. The molecule has 0 saturated heterocycles. The quantitative estimate of drug-likeness (QED) is 0.620. The predicted octanol–water partition coefficient (Wildman–Crippen LogP) is 3.34. The van der Waals surface area contributed by atoms with Crippen LogP contribution >= 0.6 is 23.2 Å². The summed E-state index contributed by atoms with van der Waals surface area (Å²) in [6.45, 7) is 1.52. The molecule has 1 aromatic heterocycles. The molecule has 0 unspecified atom stereocenters. The van der Waals surface area contributed by atoms with Crippen LogP contribution in [0.3, 0.4) is 0 Å². The standard InChI is InChI=1S/C17H20Cl2N4/c1-20-17(23-11-8-15-4-2-3-9-21-15)22-10-7-13-5-6-14(18)12-16(13)19/h2-6,9,12H,7-8,10-11H2,1H3,(H2,20,22,23). The zero-order chi connectivity index (χ0) is 16.5. The second-order valence-corrected chi connectivity index (χ2v) is 5.83. The van der Waals surface area contributed by atoms with E-state index in [1.165, 1.54) is 0 Å². The van der Waals surface area contributed by atoms with Crippen LogP contribution in [0, 0.1) is 0 Å². The molecule has 0 bridgehead atoms. The third-order valence-electron chi connectivity index (χ3n) is 3.33. The lowest BCUT2D eigenvalue weighted by atomic mass is 10.1. The first-order valence-electron chi connectivity index (χ1n) is 7.47. The number of hydrogen-bond donors (Lipinski definition) is 2. The molecule has 1 heterocycles. The van der Waals surface area contributed by atoms with Crippen molar-refractivity contribution in [3.63, 3.8) is 0 Å². The molecule has 0 radical (unpaired) electrons. The highest BCUT2D eigenvalue weighted by molar-refractivity contribution is 6.35. The van der Waals surface area contributed by atoms with Gasteiger partial charge in [-0.1, -0.05) is 35.3 Å². The van der Waals surface area contributed by atoms with E-state index in [0.29, 0.717) is 10.0 Å².